The Bertz CT molecular complexity index is 1150. The SMILES string of the molecule is COc1cccc(F)c1-c1ncc2[nH]nc(-c3ccc(C#N)cc3)c2n1. The van der Waals surface area contributed by atoms with E-state index in [0.717, 1.165) is 5.56 Å². The third-order valence-electron chi connectivity index (χ3n) is 4.01. The number of ether oxygens (including phenoxy) is 1. The van der Waals surface area contributed by atoms with Gasteiger partial charge < -0.3 is 4.74 Å². The number of methoxy groups -OCH3 is 1. The van der Waals surface area contributed by atoms with Crippen LogP contribution < -0.4 is 4.74 Å². The molecule has 0 saturated heterocycles. The molecule has 4 rings (SSSR count). The van der Waals surface area contributed by atoms with Crippen LogP contribution in [0.1, 0.15) is 5.56 Å². The Morgan fingerprint density at radius 1 is 1.15 bits per heavy atom. The summed E-state index contributed by atoms with van der Waals surface area (Å²) < 4.78 is 19.6. The summed E-state index contributed by atoms with van der Waals surface area (Å²) in [5.74, 6) is 0.101. The maximum atomic E-state index is 14.3. The highest BCUT2D eigenvalue weighted by Gasteiger charge is 2.17. The Kier molecular flexibility index (Phi) is 3.78. The fourth-order valence-corrected chi connectivity index (χ4v) is 2.73. The fraction of sp³-hybridized carbons (Fsp3) is 0.0526. The highest BCUT2D eigenvalue weighted by molar-refractivity contribution is 5.90. The van der Waals surface area contributed by atoms with E-state index in [9.17, 15) is 4.39 Å². The Hall–Kier alpha value is -3.79. The van der Waals surface area contributed by atoms with Crippen LogP contribution in [0, 0.1) is 17.1 Å². The van der Waals surface area contributed by atoms with E-state index in [-0.39, 0.29) is 11.4 Å². The van der Waals surface area contributed by atoms with Crippen LogP contribution in [0.4, 0.5) is 4.39 Å². The normalized spacial score (nSPS) is 10.7. The van der Waals surface area contributed by atoms with Gasteiger partial charge in [-0.3, -0.25) is 5.10 Å². The molecule has 0 spiro atoms. The first-order valence-corrected chi connectivity index (χ1v) is 7.76. The summed E-state index contributed by atoms with van der Waals surface area (Å²) in [6, 6.07) is 13.6. The lowest BCUT2D eigenvalue weighted by Crippen LogP contribution is -1.96. The van der Waals surface area contributed by atoms with Crippen molar-refractivity contribution in [2.24, 2.45) is 0 Å². The maximum absolute atomic E-state index is 14.3. The second kappa shape index (κ2) is 6.26. The minimum Gasteiger partial charge on any atom is -0.496 e. The van der Waals surface area contributed by atoms with E-state index < -0.39 is 5.82 Å². The van der Waals surface area contributed by atoms with Crippen molar-refractivity contribution in [3.05, 3.63) is 60.0 Å². The van der Waals surface area contributed by atoms with Gasteiger partial charge in [-0.2, -0.15) is 10.4 Å². The second-order valence-electron chi connectivity index (χ2n) is 5.53. The number of nitrogens with one attached hydrogen (secondary N) is 1. The van der Waals surface area contributed by atoms with E-state index in [0.29, 0.717) is 28.0 Å². The zero-order valence-corrected chi connectivity index (χ0v) is 13.7. The molecular weight excluding hydrogens is 333 g/mol. The van der Waals surface area contributed by atoms with E-state index in [1.807, 2.05) is 0 Å². The largest absolute Gasteiger partial charge is 0.496 e. The van der Waals surface area contributed by atoms with E-state index in [1.54, 1.807) is 42.6 Å². The quantitative estimate of drug-likeness (QED) is 0.611. The van der Waals surface area contributed by atoms with E-state index in [2.05, 4.69) is 26.2 Å². The molecule has 0 bridgehead atoms. The van der Waals surface area contributed by atoms with Gasteiger partial charge in [0.25, 0.3) is 0 Å². The summed E-state index contributed by atoms with van der Waals surface area (Å²) in [7, 11) is 1.47. The number of rotatable bonds is 3. The van der Waals surface area contributed by atoms with Gasteiger partial charge in [-0.1, -0.05) is 18.2 Å². The van der Waals surface area contributed by atoms with Crippen molar-refractivity contribution in [1.82, 2.24) is 20.2 Å². The molecule has 2 aromatic carbocycles. The number of nitrogens with zero attached hydrogens (tertiary/aromatic N) is 4. The number of hydrogen-bond acceptors (Lipinski definition) is 5. The molecule has 2 heterocycles. The Labute approximate surface area is 147 Å². The molecule has 0 aliphatic heterocycles. The summed E-state index contributed by atoms with van der Waals surface area (Å²) in [6.45, 7) is 0. The van der Waals surface area contributed by atoms with Gasteiger partial charge in [-0.15, -0.1) is 0 Å². The third-order valence-corrected chi connectivity index (χ3v) is 4.01. The summed E-state index contributed by atoms with van der Waals surface area (Å²) in [6.07, 6.45) is 1.56. The highest BCUT2D eigenvalue weighted by atomic mass is 19.1. The van der Waals surface area contributed by atoms with Crippen LogP contribution in [-0.2, 0) is 0 Å². The molecule has 0 saturated carbocycles. The van der Waals surface area contributed by atoms with Gasteiger partial charge >= 0.3 is 0 Å². The predicted molar refractivity (Wildman–Crippen MR) is 93.8 cm³/mol. The van der Waals surface area contributed by atoms with Gasteiger partial charge in [0.1, 0.15) is 28.3 Å². The molecule has 26 heavy (non-hydrogen) atoms. The molecule has 0 unspecified atom stereocenters. The van der Waals surface area contributed by atoms with Crippen molar-refractivity contribution < 1.29 is 9.13 Å². The molecule has 0 fully saturated rings. The molecule has 1 N–H and O–H groups in total. The van der Waals surface area contributed by atoms with Crippen LogP contribution in [-0.4, -0.2) is 27.3 Å². The van der Waals surface area contributed by atoms with Crippen molar-refractivity contribution in [1.29, 1.82) is 5.26 Å². The first-order chi connectivity index (χ1) is 12.7. The molecule has 126 valence electrons. The lowest BCUT2D eigenvalue weighted by molar-refractivity contribution is 0.413. The lowest BCUT2D eigenvalue weighted by Gasteiger charge is -2.08. The van der Waals surface area contributed by atoms with Gasteiger partial charge in [-0.05, 0) is 24.3 Å². The van der Waals surface area contributed by atoms with Crippen LogP contribution in [0.5, 0.6) is 5.75 Å². The number of halogens is 1. The first-order valence-electron chi connectivity index (χ1n) is 7.76. The summed E-state index contributed by atoms with van der Waals surface area (Å²) in [4.78, 5) is 8.74. The molecule has 0 amide bonds. The zero-order valence-electron chi connectivity index (χ0n) is 13.7. The van der Waals surface area contributed by atoms with Gasteiger partial charge in [0.15, 0.2) is 5.82 Å². The number of hydrogen-bond donors (Lipinski definition) is 1. The summed E-state index contributed by atoms with van der Waals surface area (Å²) in [5, 5.41) is 16.1. The van der Waals surface area contributed by atoms with Crippen LogP contribution in [0.25, 0.3) is 33.7 Å². The average molecular weight is 345 g/mol. The topological polar surface area (TPSA) is 87.5 Å². The van der Waals surface area contributed by atoms with Crippen LogP contribution in [0.2, 0.25) is 0 Å². The second-order valence-corrected chi connectivity index (χ2v) is 5.53. The third kappa shape index (κ3) is 2.54. The molecule has 6 nitrogen and oxygen atoms in total. The monoisotopic (exact) mass is 345 g/mol. The highest BCUT2D eigenvalue weighted by Crippen LogP contribution is 2.32. The van der Waals surface area contributed by atoms with Crippen molar-refractivity contribution >= 4 is 11.0 Å². The van der Waals surface area contributed by atoms with Gasteiger partial charge in [-0.25, -0.2) is 14.4 Å². The zero-order chi connectivity index (χ0) is 18.1. The minimum absolute atomic E-state index is 0.198. The van der Waals surface area contributed by atoms with Crippen molar-refractivity contribution in [2.45, 2.75) is 0 Å². The molecule has 0 aliphatic rings. The number of aromatic nitrogens is 4. The molecular formula is C19H12FN5O. The molecule has 0 aliphatic carbocycles. The van der Waals surface area contributed by atoms with Gasteiger partial charge in [0.2, 0.25) is 0 Å². The number of benzene rings is 2. The Balaban J connectivity index is 1.89. The van der Waals surface area contributed by atoms with Crippen molar-refractivity contribution in [3.8, 4) is 34.5 Å². The molecule has 7 heteroatoms. The predicted octanol–water partition coefficient (Wildman–Crippen LogP) is 3.71. The van der Waals surface area contributed by atoms with Crippen molar-refractivity contribution in [3.63, 3.8) is 0 Å². The van der Waals surface area contributed by atoms with Crippen molar-refractivity contribution in [2.75, 3.05) is 7.11 Å². The van der Waals surface area contributed by atoms with Crippen LogP contribution >= 0.6 is 0 Å². The van der Waals surface area contributed by atoms with Crippen LogP contribution in [0.15, 0.2) is 48.7 Å². The molecule has 0 atom stereocenters. The average Bonchev–Trinajstić information content (AvgIpc) is 3.11. The maximum Gasteiger partial charge on any atom is 0.166 e. The smallest absolute Gasteiger partial charge is 0.166 e. The standard InChI is InChI=1S/C19H12FN5O/c1-26-15-4-2-3-13(20)16(15)19-22-10-14-18(23-19)17(25-24-14)12-7-5-11(9-21)6-8-12/h2-8,10H,1H3,(H,24,25). The van der Waals surface area contributed by atoms with E-state index >= 15 is 0 Å². The Morgan fingerprint density at radius 3 is 2.69 bits per heavy atom. The number of nitriles is 1. The lowest BCUT2D eigenvalue weighted by atomic mass is 10.1. The number of fused-ring (bicyclic) bond motifs is 1. The summed E-state index contributed by atoms with van der Waals surface area (Å²) >= 11 is 0. The van der Waals surface area contributed by atoms with E-state index in [4.69, 9.17) is 10.00 Å². The molecule has 0 radical (unpaired) electrons. The fourth-order valence-electron chi connectivity index (χ4n) is 2.73. The van der Waals surface area contributed by atoms with Crippen LogP contribution in [0.3, 0.4) is 0 Å². The van der Waals surface area contributed by atoms with Gasteiger partial charge in [0.05, 0.1) is 30.5 Å². The van der Waals surface area contributed by atoms with Gasteiger partial charge in [0, 0.05) is 5.56 Å². The van der Waals surface area contributed by atoms with E-state index in [1.165, 1.54) is 13.2 Å². The minimum atomic E-state index is -0.466. The Morgan fingerprint density at radius 2 is 1.96 bits per heavy atom. The number of H-pyrrole nitrogens is 1. The summed E-state index contributed by atoms with van der Waals surface area (Å²) in [5.41, 5.74) is 3.33. The number of aromatic amines is 1. The first kappa shape index (κ1) is 15.7. The molecule has 4 aromatic rings. The molecule has 2 aromatic heterocycles.